The number of benzene rings is 2. The number of aliphatic hydroxyl groups excluding tert-OH is 1. The lowest BCUT2D eigenvalue weighted by Gasteiger charge is -2.18. The monoisotopic (exact) mass is 458 g/mol. The number of hydrogen-bond donors (Lipinski definition) is 2. The third kappa shape index (κ3) is 4.53. The highest BCUT2D eigenvalue weighted by Crippen LogP contribution is 2.32. The van der Waals surface area contributed by atoms with Crippen molar-refractivity contribution in [2.75, 3.05) is 19.8 Å². The average Bonchev–Trinajstić information content (AvgIpc) is 3.34. The normalized spacial score (nSPS) is 13.7. The van der Waals surface area contributed by atoms with Crippen LogP contribution < -0.4 is 14.8 Å². The first-order valence-electron chi connectivity index (χ1n) is 11.3. The largest absolute Gasteiger partial charge is 0.486 e. The van der Waals surface area contributed by atoms with Crippen LogP contribution in [0.25, 0.3) is 11.0 Å². The number of nitrogens with one attached hydrogen (secondary N) is 1. The van der Waals surface area contributed by atoms with Gasteiger partial charge in [-0.15, -0.1) is 0 Å². The van der Waals surface area contributed by atoms with E-state index in [0.717, 1.165) is 16.5 Å². The van der Waals surface area contributed by atoms with E-state index in [1.807, 2.05) is 37.3 Å². The Morgan fingerprint density at radius 2 is 1.88 bits per heavy atom. The van der Waals surface area contributed by atoms with Crippen molar-refractivity contribution in [3.8, 4) is 11.5 Å². The molecular formula is C27H26N2O5. The number of carbonyl (C=O) groups excluding carboxylic acids is 1. The molecule has 4 aromatic rings. The smallest absolute Gasteiger partial charge is 0.228 e. The zero-order valence-corrected chi connectivity index (χ0v) is 18.9. The highest BCUT2D eigenvalue weighted by Gasteiger charge is 2.21. The molecule has 1 aliphatic heterocycles. The number of fused-ring (bicyclic) bond motifs is 2. The van der Waals surface area contributed by atoms with Crippen LogP contribution in [0.5, 0.6) is 11.5 Å². The lowest BCUT2D eigenvalue weighted by Crippen LogP contribution is -2.34. The van der Waals surface area contributed by atoms with Gasteiger partial charge >= 0.3 is 0 Å². The third-order valence-electron chi connectivity index (χ3n) is 5.98. The maximum absolute atomic E-state index is 13.2. The van der Waals surface area contributed by atoms with Crippen molar-refractivity contribution in [1.29, 1.82) is 0 Å². The predicted molar refractivity (Wildman–Crippen MR) is 127 cm³/mol. The average molecular weight is 459 g/mol. The molecule has 174 valence electrons. The summed E-state index contributed by atoms with van der Waals surface area (Å²) in [6.07, 6.45) is 2.49. The number of aryl methyl sites for hydroxylation is 1. The van der Waals surface area contributed by atoms with Crippen LogP contribution in [0.1, 0.15) is 32.9 Å². The van der Waals surface area contributed by atoms with E-state index in [-0.39, 0.29) is 24.2 Å². The number of rotatable bonds is 8. The Balaban J connectivity index is 1.38. The summed E-state index contributed by atoms with van der Waals surface area (Å²) >= 11 is 0. The van der Waals surface area contributed by atoms with Crippen molar-refractivity contribution in [2.24, 2.45) is 0 Å². The SMILES string of the molecule is Cc1ncc(CN[C@H](CO)Cc2ccccc2)c2cc(C(=O)c3ccc4c(c3)OCCO4)oc12. The van der Waals surface area contributed by atoms with Gasteiger partial charge in [-0.3, -0.25) is 9.78 Å². The number of aliphatic hydroxyl groups is 1. The van der Waals surface area contributed by atoms with E-state index >= 15 is 0 Å². The number of nitrogens with zero attached hydrogens (tertiary/aromatic N) is 1. The summed E-state index contributed by atoms with van der Waals surface area (Å²) < 4.78 is 17.1. The molecule has 0 amide bonds. The maximum atomic E-state index is 13.2. The number of hydrogen-bond acceptors (Lipinski definition) is 7. The fraction of sp³-hybridized carbons (Fsp3) is 0.259. The summed E-state index contributed by atoms with van der Waals surface area (Å²) in [5, 5.41) is 14.1. The van der Waals surface area contributed by atoms with Crippen LogP contribution in [-0.2, 0) is 13.0 Å². The molecule has 2 aromatic carbocycles. The number of carbonyl (C=O) groups is 1. The summed E-state index contributed by atoms with van der Waals surface area (Å²) in [6, 6.07) is 16.8. The lowest BCUT2D eigenvalue weighted by atomic mass is 10.1. The van der Waals surface area contributed by atoms with Crippen molar-refractivity contribution in [1.82, 2.24) is 10.3 Å². The molecule has 1 atom stereocenters. The van der Waals surface area contributed by atoms with Gasteiger partial charge in [0.1, 0.15) is 13.2 Å². The van der Waals surface area contributed by atoms with E-state index in [2.05, 4.69) is 10.3 Å². The van der Waals surface area contributed by atoms with Crippen LogP contribution in [0.4, 0.5) is 0 Å². The Hall–Kier alpha value is -3.68. The van der Waals surface area contributed by atoms with Crippen LogP contribution in [-0.4, -0.2) is 41.7 Å². The summed E-state index contributed by atoms with van der Waals surface area (Å²) in [6.45, 7) is 3.30. The van der Waals surface area contributed by atoms with Gasteiger partial charge < -0.3 is 24.3 Å². The van der Waals surface area contributed by atoms with Crippen molar-refractivity contribution in [3.05, 3.63) is 88.9 Å². The molecule has 0 fully saturated rings. The van der Waals surface area contributed by atoms with Gasteiger partial charge in [0.05, 0.1) is 12.3 Å². The van der Waals surface area contributed by atoms with Gasteiger partial charge in [-0.1, -0.05) is 30.3 Å². The Morgan fingerprint density at radius 1 is 1.09 bits per heavy atom. The first-order chi connectivity index (χ1) is 16.6. The van der Waals surface area contributed by atoms with Gasteiger partial charge in [0.25, 0.3) is 0 Å². The summed E-state index contributed by atoms with van der Waals surface area (Å²) in [4.78, 5) is 17.6. The van der Waals surface area contributed by atoms with Crippen LogP contribution in [0, 0.1) is 6.92 Å². The molecule has 0 unspecified atom stereocenters. The second kappa shape index (κ2) is 9.67. The molecule has 0 radical (unpaired) electrons. The fourth-order valence-electron chi connectivity index (χ4n) is 4.14. The number of furan rings is 1. The summed E-state index contributed by atoms with van der Waals surface area (Å²) in [5.74, 6) is 1.20. The fourth-order valence-corrected chi connectivity index (χ4v) is 4.14. The standard InChI is InChI=1S/C27H26N2O5/c1-17-27-22(20(14-28-17)15-29-21(16-30)11-18-5-3-2-4-6-18)13-25(34-27)26(31)19-7-8-23-24(12-19)33-10-9-32-23/h2-8,12-14,21,29-30H,9-11,15-16H2,1H3/t21-/m0/s1. The molecule has 2 N–H and O–H groups in total. The van der Waals surface area contributed by atoms with Crippen LogP contribution >= 0.6 is 0 Å². The third-order valence-corrected chi connectivity index (χ3v) is 5.98. The first kappa shape index (κ1) is 22.1. The Bertz CT molecular complexity index is 1320. The zero-order valence-electron chi connectivity index (χ0n) is 18.9. The van der Waals surface area contributed by atoms with Gasteiger partial charge in [-0.05, 0) is 48.7 Å². The van der Waals surface area contributed by atoms with E-state index in [0.29, 0.717) is 54.5 Å². The number of pyridine rings is 1. The number of ether oxygens (including phenoxy) is 2. The van der Waals surface area contributed by atoms with Gasteiger partial charge in [-0.25, -0.2) is 0 Å². The molecule has 2 aromatic heterocycles. The predicted octanol–water partition coefficient (Wildman–Crippen LogP) is 3.83. The Labute approximate surface area is 197 Å². The van der Waals surface area contributed by atoms with E-state index in [1.54, 1.807) is 30.5 Å². The zero-order chi connectivity index (χ0) is 23.5. The Kier molecular flexibility index (Phi) is 6.29. The minimum absolute atomic E-state index is 0.0105. The number of aromatic nitrogens is 1. The van der Waals surface area contributed by atoms with Crippen molar-refractivity contribution >= 4 is 16.8 Å². The quantitative estimate of drug-likeness (QED) is 0.388. The van der Waals surface area contributed by atoms with Crippen LogP contribution in [0.15, 0.2) is 65.2 Å². The molecule has 0 aliphatic carbocycles. The summed E-state index contributed by atoms with van der Waals surface area (Å²) in [5.41, 5.74) is 3.82. The van der Waals surface area contributed by atoms with E-state index in [1.165, 1.54) is 0 Å². The van der Waals surface area contributed by atoms with E-state index < -0.39 is 0 Å². The van der Waals surface area contributed by atoms with E-state index in [9.17, 15) is 9.90 Å². The van der Waals surface area contributed by atoms with Crippen molar-refractivity contribution in [3.63, 3.8) is 0 Å². The van der Waals surface area contributed by atoms with E-state index in [4.69, 9.17) is 13.9 Å². The minimum atomic E-state index is -0.233. The highest BCUT2D eigenvalue weighted by molar-refractivity contribution is 6.09. The molecule has 3 heterocycles. The molecule has 0 saturated carbocycles. The van der Waals surface area contributed by atoms with Gasteiger partial charge in [0.15, 0.2) is 22.8 Å². The molecule has 0 saturated heterocycles. The topological polar surface area (TPSA) is 93.8 Å². The Morgan fingerprint density at radius 3 is 2.68 bits per heavy atom. The van der Waals surface area contributed by atoms with Gasteiger partial charge in [-0.2, -0.15) is 0 Å². The molecular weight excluding hydrogens is 432 g/mol. The second-order valence-corrected chi connectivity index (χ2v) is 8.36. The molecule has 0 spiro atoms. The second-order valence-electron chi connectivity index (χ2n) is 8.36. The van der Waals surface area contributed by atoms with Crippen LogP contribution in [0.3, 0.4) is 0 Å². The van der Waals surface area contributed by atoms with Crippen LogP contribution in [0.2, 0.25) is 0 Å². The molecule has 5 rings (SSSR count). The lowest BCUT2D eigenvalue weighted by molar-refractivity contribution is 0.101. The number of ketones is 1. The highest BCUT2D eigenvalue weighted by atomic mass is 16.6. The molecule has 7 heteroatoms. The molecule has 34 heavy (non-hydrogen) atoms. The maximum Gasteiger partial charge on any atom is 0.228 e. The van der Waals surface area contributed by atoms with Gasteiger partial charge in [0.2, 0.25) is 5.78 Å². The molecule has 0 bridgehead atoms. The van der Waals surface area contributed by atoms with Crippen molar-refractivity contribution in [2.45, 2.75) is 25.9 Å². The van der Waals surface area contributed by atoms with Gasteiger partial charge in [0, 0.05) is 29.7 Å². The summed E-state index contributed by atoms with van der Waals surface area (Å²) in [7, 11) is 0. The minimum Gasteiger partial charge on any atom is -0.486 e. The van der Waals surface area contributed by atoms with Crippen molar-refractivity contribution < 1.29 is 23.8 Å². The first-order valence-corrected chi connectivity index (χ1v) is 11.3. The molecule has 1 aliphatic rings. The molecule has 7 nitrogen and oxygen atoms in total.